The van der Waals surface area contributed by atoms with E-state index in [1.165, 1.54) is 5.56 Å². The minimum atomic E-state index is -0.542. The van der Waals surface area contributed by atoms with Gasteiger partial charge in [0.1, 0.15) is 0 Å². The molecule has 1 heterocycles. The summed E-state index contributed by atoms with van der Waals surface area (Å²) in [5.41, 5.74) is 7.00. The van der Waals surface area contributed by atoms with E-state index in [1.807, 2.05) is 24.3 Å². The molecule has 0 spiro atoms. The lowest BCUT2D eigenvalue weighted by atomic mass is 9.97. The number of rotatable bonds is 4. The lowest BCUT2D eigenvalue weighted by molar-refractivity contribution is -0.0433. The quantitative estimate of drug-likeness (QED) is 0.798. The molecule has 0 bridgehead atoms. The van der Waals surface area contributed by atoms with Gasteiger partial charge in [0.05, 0.1) is 12.2 Å². The molecular weight excluding hydrogens is 266 g/mol. The number of amides is 2. The Balaban J connectivity index is 1.93. The molecule has 1 aliphatic rings. The number of carbonyl (C=O) groups is 1. The SMILES string of the molecule is CC1CC(NC(C)c2ccc(NC(N)=O)cc2)CC(C)O1. The van der Waals surface area contributed by atoms with E-state index < -0.39 is 6.03 Å². The van der Waals surface area contributed by atoms with Gasteiger partial charge in [0.2, 0.25) is 0 Å². The Bertz CT molecular complexity index is 465. The fourth-order valence-electron chi connectivity index (χ4n) is 2.99. The normalized spacial score (nSPS) is 27.1. The second kappa shape index (κ2) is 6.91. The lowest BCUT2D eigenvalue weighted by Crippen LogP contribution is -2.42. The van der Waals surface area contributed by atoms with Gasteiger partial charge in [-0.3, -0.25) is 0 Å². The maximum absolute atomic E-state index is 10.8. The Hall–Kier alpha value is -1.59. The monoisotopic (exact) mass is 291 g/mol. The zero-order valence-electron chi connectivity index (χ0n) is 12.9. The summed E-state index contributed by atoms with van der Waals surface area (Å²) < 4.78 is 5.76. The number of nitrogens with two attached hydrogens (primary N) is 1. The van der Waals surface area contributed by atoms with Crippen molar-refractivity contribution in [2.24, 2.45) is 5.73 Å². The standard InChI is InChI=1S/C16H25N3O2/c1-10-8-15(9-11(2)21-10)18-12(3)13-4-6-14(7-5-13)19-16(17)20/h4-7,10-12,15,18H,8-9H2,1-3H3,(H3,17,19,20). The van der Waals surface area contributed by atoms with Crippen LogP contribution in [0, 0.1) is 0 Å². The summed E-state index contributed by atoms with van der Waals surface area (Å²) in [7, 11) is 0. The average molecular weight is 291 g/mol. The molecule has 1 fully saturated rings. The summed E-state index contributed by atoms with van der Waals surface area (Å²) in [6.45, 7) is 6.40. The average Bonchev–Trinajstić information content (AvgIpc) is 2.37. The second-order valence-corrected chi connectivity index (χ2v) is 5.93. The van der Waals surface area contributed by atoms with Crippen LogP contribution in [0.4, 0.5) is 10.5 Å². The minimum Gasteiger partial charge on any atom is -0.375 e. The van der Waals surface area contributed by atoms with Gasteiger partial charge >= 0.3 is 6.03 Å². The topological polar surface area (TPSA) is 76.4 Å². The van der Waals surface area contributed by atoms with E-state index >= 15 is 0 Å². The third-order valence-corrected chi connectivity index (χ3v) is 3.86. The van der Waals surface area contributed by atoms with Crippen LogP contribution in [-0.4, -0.2) is 24.3 Å². The number of hydrogen-bond acceptors (Lipinski definition) is 3. The Kier molecular flexibility index (Phi) is 5.20. The van der Waals surface area contributed by atoms with Gasteiger partial charge < -0.3 is 21.1 Å². The molecule has 4 N–H and O–H groups in total. The molecule has 0 aliphatic carbocycles. The number of nitrogens with one attached hydrogen (secondary N) is 2. The summed E-state index contributed by atoms with van der Waals surface area (Å²) >= 11 is 0. The number of primary amides is 1. The smallest absolute Gasteiger partial charge is 0.316 e. The number of carbonyl (C=O) groups excluding carboxylic acids is 1. The fourth-order valence-corrected chi connectivity index (χ4v) is 2.99. The van der Waals surface area contributed by atoms with Gasteiger partial charge in [-0.05, 0) is 51.3 Å². The summed E-state index contributed by atoms with van der Waals surface area (Å²) in [5.74, 6) is 0. The third kappa shape index (κ3) is 4.72. The van der Waals surface area contributed by atoms with Crippen molar-refractivity contribution in [3.63, 3.8) is 0 Å². The molecule has 2 amide bonds. The number of anilines is 1. The summed E-state index contributed by atoms with van der Waals surface area (Å²) in [4.78, 5) is 10.8. The molecule has 5 heteroatoms. The summed E-state index contributed by atoms with van der Waals surface area (Å²) in [6, 6.07) is 7.95. The van der Waals surface area contributed by atoms with Crippen LogP contribution in [0.15, 0.2) is 24.3 Å². The molecule has 3 atom stereocenters. The van der Waals surface area contributed by atoms with E-state index in [-0.39, 0.29) is 6.04 Å². The number of ether oxygens (including phenoxy) is 1. The number of hydrogen-bond donors (Lipinski definition) is 3. The van der Waals surface area contributed by atoms with Gasteiger partial charge in [-0.25, -0.2) is 4.79 Å². The van der Waals surface area contributed by atoms with Crippen molar-refractivity contribution < 1.29 is 9.53 Å². The minimum absolute atomic E-state index is 0.259. The van der Waals surface area contributed by atoms with Crippen LogP contribution < -0.4 is 16.4 Å². The zero-order chi connectivity index (χ0) is 15.4. The van der Waals surface area contributed by atoms with Gasteiger partial charge in [0.25, 0.3) is 0 Å². The van der Waals surface area contributed by atoms with Crippen LogP contribution in [0.25, 0.3) is 0 Å². The predicted octanol–water partition coefficient (Wildman–Crippen LogP) is 2.78. The van der Waals surface area contributed by atoms with Crippen LogP contribution in [0.2, 0.25) is 0 Å². The van der Waals surface area contributed by atoms with Crippen LogP contribution >= 0.6 is 0 Å². The van der Waals surface area contributed by atoms with Gasteiger partial charge in [0.15, 0.2) is 0 Å². The largest absolute Gasteiger partial charge is 0.375 e. The molecule has 1 aromatic carbocycles. The molecule has 21 heavy (non-hydrogen) atoms. The molecule has 116 valence electrons. The van der Waals surface area contributed by atoms with Crippen molar-refractivity contribution in [2.45, 2.75) is 57.9 Å². The first-order valence-corrected chi connectivity index (χ1v) is 7.52. The maximum atomic E-state index is 10.8. The van der Waals surface area contributed by atoms with Crippen molar-refractivity contribution in [3.8, 4) is 0 Å². The maximum Gasteiger partial charge on any atom is 0.316 e. The molecule has 1 aliphatic heterocycles. The first-order valence-electron chi connectivity index (χ1n) is 7.52. The molecule has 5 nitrogen and oxygen atoms in total. The number of urea groups is 1. The fraction of sp³-hybridized carbons (Fsp3) is 0.562. The molecule has 1 saturated heterocycles. The van der Waals surface area contributed by atoms with E-state index in [1.54, 1.807) is 0 Å². The van der Waals surface area contributed by atoms with Crippen LogP contribution in [-0.2, 0) is 4.74 Å². The Morgan fingerprint density at radius 3 is 2.33 bits per heavy atom. The highest BCUT2D eigenvalue weighted by molar-refractivity contribution is 5.87. The highest BCUT2D eigenvalue weighted by Gasteiger charge is 2.25. The van der Waals surface area contributed by atoms with Crippen LogP contribution in [0.5, 0.6) is 0 Å². The Morgan fingerprint density at radius 1 is 1.24 bits per heavy atom. The molecule has 3 unspecified atom stereocenters. The van der Waals surface area contributed by atoms with E-state index in [0.717, 1.165) is 12.8 Å². The Labute approximate surface area is 126 Å². The van der Waals surface area contributed by atoms with Crippen LogP contribution in [0.1, 0.15) is 45.2 Å². The third-order valence-electron chi connectivity index (χ3n) is 3.86. The highest BCUT2D eigenvalue weighted by atomic mass is 16.5. The van der Waals surface area contributed by atoms with Crippen molar-refractivity contribution in [2.75, 3.05) is 5.32 Å². The molecule has 0 saturated carbocycles. The lowest BCUT2D eigenvalue weighted by Gasteiger charge is -2.34. The van der Waals surface area contributed by atoms with Crippen molar-refractivity contribution in [3.05, 3.63) is 29.8 Å². The van der Waals surface area contributed by atoms with Crippen molar-refractivity contribution >= 4 is 11.7 Å². The molecule has 0 aromatic heterocycles. The van der Waals surface area contributed by atoms with Crippen LogP contribution in [0.3, 0.4) is 0 Å². The second-order valence-electron chi connectivity index (χ2n) is 5.93. The van der Waals surface area contributed by atoms with Gasteiger partial charge in [-0.2, -0.15) is 0 Å². The van der Waals surface area contributed by atoms with Gasteiger partial charge in [0, 0.05) is 17.8 Å². The molecule has 0 radical (unpaired) electrons. The van der Waals surface area contributed by atoms with Gasteiger partial charge in [-0.15, -0.1) is 0 Å². The van der Waals surface area contributed by atoms with Crippen molar-refractivity contribution in [1.82, 2.24) is 5.32 Å². The first-order chi connectivity index (χ1) is 9.94. The summed E-state index contributed by atoms with van der Waals surface area (Å²) in [5, 5.41) is 6.23. The molecule has 2 rings (SSSR count). The van der Waals surface area contributed by atoms with E-state index in [0.29, 0.717) is 23.9 Å². The van der Waals surface area contributed by atoms with Crippen molar-refractivity contribution in [1.29, 1.82) is 0 Å². The van der Waals surface area contributed by atoms with E-state index in [4.69, 9.17) is 10.5 Å². The number of benzene rings is 1. The molecule has 1 aromatic rings. The first kappa shape index (κ1) is 15.8. The molecular formula is C16H25N3O2. The highest BCUT2D eigenvalue weighted by Crippen LogP contribution is 2.23. The Morgan fingerprint density at radius 2 is 1.81 bits per heavy atom. The van der Waals surface area contributed by atoms with E-state index in [9.17, 15) is 4.79 Å². The predicted molar refractivity (Wildman–Crippen MR) is 84.2 cm³/mol. The zero-order valence-corrected chi connectivity index (χ0v) is 12.9. The summed E-state index contributed by atoms with van der Waals surface area (Å²) in [6.07, 6.45) is 2.69. The van der Waals surface area contributed by atoms with E-state index in [2.05, 4.69) is 31.4 Å². The van der Waals surface area contributed by atoms with Gasteiger partial charge in [-0.1, -0.05) is 12.1 Å².